The molecule has 0 bridgehead atoms. The third-order valence-corrected chi connectivity index (χ3v) is 3.05. The molecule has 0 amide bonds. The normalized spacial score (nSPS) is 11.3. The first-order valence-electron chi connectivity index (χ1n) is 7.76. The summed E-state index contributed by atoms with van der Waals surface area (Å²) in [6.45, 7) is 8.20. The summed E-state index contributed by atoms with van der Waals surface area (Å²) in [7, 11) is 4.15. The largest absolute Gasteiger partial charge is 0.491 e. The molecule has 1 N–H and O–H groups in total. The van der Waals surface area contributed by atoms with Crippen molar-refractivity contribution in [1.82, 2.24) is 10.2 Å². The van der Waals surface area contributed by atoms with Crippen molar-refractivity contribution >= 4 is 0 Å². The standard InChI is InChI=1S/C17H30N2O2/c1-15(2)18-14-16-8-5-6-9-17(16)21-13-12-20-11-7-10-19(3)4/h5-6,8-9,15,18H,7,10-14H2,1-4H3. The molecule has 0 heterocycles. The molecule has 0 aliphatic carbocycles. The Bertz CT molecular complexity index is 381. The van der Waals surface area contributed by atoms with E-state index in [2.05, 4.69) is 44.2 Å². The first-order valence-corrected chi connectivity index (χ1v) is 7.76. The summed E-state index contributed by atoms with van der Waals surface area (Å²) in [6.07, 6.45) is 1.06. The summed E-state index contributed by atoms with van der Waals surface area (Å²) in [5, 5.41) is 3.42. The van der Waals surface area contributed by atoms with Crippen LogP contribution in [0.5, 0.6) is 5.75 Å². The Morgan fingerprint density at radius 3 is 2.57 bits per heavy atom. The quantitative estimate of drug-likeness (QED) is 0.636. The van der Waals surface area contributed by atoms with Crippen LogP contribution >= 0.6 is 0 Å². The first kappa shape index (κ1) is 18.0. The molecule has 1 rings (SSSR count). The minimum absolute atomic E-state index is 0.470. The van der Waals surface area contributed by atoms with Gasteiger partial charge in [0, 0.05) is 24.8 Å². The zero-order chi connectivity index (χ0) is 15.5. The topological polar surface area (TPSA) is 33.7 Å². The number of rotatable bonds is 11. The van der Waals surface area contributed by atoms with E-state index >= 15 is 0 Å². The molecule has 0 spiro atoms. The summed E-state index contributed by atoms with van der Waals surface area (Å²) < 4.78 is 11.4. The van der Waals surface area contributed by atoms with Gasteiger partial charge in [-0.2, -0.15) is 0 Å². The lowest BCUT2D eigenvalue weighted by Gasteiger charge is -2.14. The maximum atomic E-state index is 5.82. The highest BCUT2D eigenvalue weighted by Gasteiger charge is 2.03. The van der Waals surface area contributed by atoms with Crippen molar-refractivity contribution in [3.63, 3.8) is 0 Å². The fourth-order valence-electron chi connectivity index (χ4n) is 1.90. The molecule has 1 aromatic carbocycles. The Morgan fingerprint density at radius 1 is 1.10 bits per heavy atom. The summed E-state index contributed by atoms with van der Waals surface area (Å²) in [5.41, 5.74) is 1.19. The highest BCUT2D eigenvalue weighted by Crippen LogP contribution is 2.17. The van der Waals surface area contributed by atoms with Crippen LogP contribution in [0, 0.1) is 0 Å². The van der Waals surface area contributed by atoms with E-state index in [-0.39, 0.29) is 0 Å². The van der Waals surface area contributed by atoms with Crippen molar-refractivity contribution in [3.05, 3.63) is 29.8 Å². The third kappa shape index (κ3) is 8.71. The van der Waals surface area contributed by atoms with Gasteiger partial charge in [-0.1, -0.05) is 32.0 Å². The fraction of sp³-hybridized carbons (Fsp3) is 0.647. The molecule has 0 atom stereocenters. The molecule has 120 valence electrons. The third-order valence-electron chi connectivity index (χ3n) is 3.05. The van der Waals surface area contributed by atoms with Gasteiger partial charge in [0.15, 0.2) is 0 Å². The summed E-state index contributed by atoms with van der Waals surface area (Å²) in [6, 6.07) is 8.64. The zero-order valence-corrected chi connectivity index (χ0v) is 13.9. The molecule has 0 aromatic heterocycles. The Morgan fingerprint density at radius 2 is 1.86 bits per heavy atom. The molecule has 0 fully saturated rings. The predicted octanol–water partition coefficient (Wildman–Crippen LogP) is 2.53. The first-order chi connectivity index (χ1) is 10.1. The lowest BCUT2D eigenvalue weighted by molar-refractivity contribution is 0.0943. The average Bonchev–Trinajstić information content (AvgIpc) is 2.44. The zero-order valence-electron chi connectivity index (χ0n) is 13.9. The highest BCUT2D eigenvalue weighted by atomic mass is 16.5. The van der Waals surface area contributed by atoms with Gasteiger partial charge in [-0.05, 0) is 33.1 Å². The smallest absolute Gasteiger partial charge is 0.123 e. The van der Waals surface area contributed by atoms with E-state index in [9.17, 15) is 0 Å². The van der Waals surface area contributed by atoms with Gasteiger partial charge in [0.25, 0.3) is 0 Å². The number of hydrogen-bond acceptors (Lipinski definition) is 4. The molecule has 0 aliphatic heterocycles. The van der Waals surface area contributed by atoms with Crippen LogP contribution in [0.2, 0.25) is 0 Å². The molecular formula is C17H30N2O2. The van der Waals surface area contributed by atoms with Crippen molar-refractivity contribution in [1.29, 1.82) is 0 Å². The molecule has 0 saturated heterocycles. The number of nitrogens with one attached hydrogen (secondary N) is 1. The predicted molar refractivity (Wildman–Crippen MR) is 87.9 cm³/mol. The molecule has 0 aliphatic rings. The number of hydrogen-bond donors (Lipinski definition) is 1. The maximum Gasteiger partial charge on any atom is 0.123 e. The minimum Gasteiger partial charge on any atom is -0.491 e. The maximum absolute atomic E-state index is 5.82. The van der Waals surface area contributed by atoms with Crippen LogP contribution in [0.25, 0.3) is 0 Å². The lowest BCUT2D eigenvalue weighted by atomic mass is 10.2. The Balaban J connectivity index is 2.22. The Kier molecular flexibility index (Phi) is 9.06. The fourth-order valence-corrected chi connectivity index (χ4v) is 1.90. The second-order valence-corrected chi connectivity index (χ2v) is 5.76. The van der Waals surface area contributed by atoms with E-state index in [1.165, 1.54) is 5.56 Å². The van der Waals surface area contributed by atoms with Crippen LogP contribution in [0.3, 0.4) is 0 Å². The van der Waals surface area contributed by atoms with Crippen LogP contribution in [0.15, 0.2) is 24.3 Å². The summed E-state index contributed by atoms with van der Waals surface area (Å²) in [4.78, 5) is 2.16. The van der Waals surface area contributed by atoms with Gasteiger partial charge >= 0.3 is 0 Å². The van der Waals surface area contributed by atoms with Crippen LogP contribution < -0.4 is 10.1 Å². The van der Waals surface area contributed by atoms with Crippen molar-refractivity contribution in [2.45, 2.75) is 32.9 Å². The SMILES string of the molecule is CC(C)NCc1ccccc1OCCOCCCN(C)C. The van der Waals surface area contributed by atoms with Crippen molar-refractivity contribution < 1.29 is 9.47 Å². The van der Waals surface area contributed by atoms with E-state index < -0.39 is 0 Å². The molecule has 0 radical (unpaired) electrons. The van der Waals surface area contributed by atoms with Gasteiger partial charge in [0.05, 0.1) is 6.61 Å². The molecular weight excluding hydrogens is 264 g/mol. The number of para-hydroxylation sites is 1. The van der Waals surface area contributed by atoms with Crippen LogP contribution in [-0.4, -0.2) is 51.4 Å². The van der Waals surface area contributed by atoms with Crippen molar-refractivity contribution in [3.8, 4) is 5.75 Å². The van der Waals surface area contributed by atoms with Crippen molar-refractivity contribution in [2.24, 2.45) is 0 Å². The molecule has 21 heavy (non-hydrogen) atoms. The van der Waals surface area contributed by atoms with Gasteiger partial charge in [-0.15, -0.1) is 0 Å². The van der Waals surface area contributed by atoms with E-state index in [4.69, 9.17) is 9.47 Å². The number of ether oxygens (including phenoxy) is 2. The summed E-state index contributed by atoms with van der Waals surface area (Å²) >= 11 is 0. The van der Waals surface area contributed by atoms with Gasteiger partial charge in [0.2, 0.25) is 0 Å². The number of nitrogens with zero attached hydrogens (tertiary/aromatic N) is 1. The number of benzene rings is 1. The molecule has 4 nitrogen and oxygen atoms in total. The highest BCUT2D eigenvalue weighted by molar-refractivity contribution is 5.33. The average molecular weight is 294 g/mol. The molecule has 0 saturated carbocycles. The molecule has 1 aromatic rings. The van der Waals surface area contributed by atoms with Gasteiger partial charge in [-0.25, -0.2) is 0 Å². The lowest BCUT2D eigenvalue weighted by Crippen LogP contribution is -2.22. The van der Waals surface area contributed by atoms with Crippen LogP contribution in [0.1, 0.15) is 25.8 Å². The minimum atomic E-state index is 0.470. The molecule has 0 unspecified atom stereocenters. The Hall–Kier alpha value is -1.10. The van der Waals surface area contributed by atoms with Gasteiger partial charge < -0.3 is 19.7 Å². The van der Waals surface area contributed by atoms with Crippen LogP contribution in [0.4, 0.5) is 0 Å². The van der Waals surface area contributed by atoms with E-state index in [0.29, 0.717) is 19.3 Å². The van der Waals surface area contributed by atoms with E-state index in [1.54, 1.807) is 0 Å². The second-order valence-electron chi connectivity index (χ2n) is 5.76. The monoisotopic (exact) mass is 294 g/mol. The molecule has 4 heteroatoms. The Labute approximate surface area is 129 Å². The van der Waals surface area contributed by atoms with Gasteiger partial charge in [-0.3, -0.25) is 0 Å². The van der Waals surface area contributed by atoms with E-state index in [0.717, 1.165) is 31.9 Å². The van der Waals surface area contributed by atoms with Gasteiger partial charge in [0.1, 0.15) is 12.4 Å². The summed E-state index contributed by atoms with van der Waals surface area (Å²) in [5.74, 6) is 0.947. The van der Waals surface area contributed by atoms with Crippen molar-refractivity contribution in [2.75, 3.05) is 40.5 Å². The van der Waals surface area contributed by atoms with Crippen LogP contribution in [-0.2, 0) is 11.3 Å². The van der Waals surface area contributed by atoms with E-state index in [1.807, 2.05) is 18.2 Å². The second kappa shape index (κ2) is 10.6.